The molecule has 1 aliphatic carbocycles. The van der Waals surface area contributed by atoms with Crippen molar-refractivity contribution in [3.63, 3.8) is 0 Å². The van der Waals surface area contributed by atoms with Gasteiger partial charge in [-0.3, -0.25) is 9.89 Å². The first-order chi connectivity index (χ1) is 11.7. The Labute approximate surface area is 140 Å². The predicted octanol–water partition coefficient (Wildman–Crippen LogP) is 1.21. The molecule has 2 aromatic rings. The molecule has 2 N–H and O–H groups in total. The lowest BCUT2D eigenvalue weighted by molar-refractivity contribution is 0.0652. The van der Waals surface area contributed by atoms with E-state index in [2.05, 4.69) is 37.4 Å². The van der Waals surface area contributed by atoms with Gasteiger partial charge in [-0.2, -0.15) is 5.10 Å². The van der Waals surface area contributed by atoms with Crippen molar-refractivity contribution in [1.29, 1.82) is 0 Å². The quantitative estimate of drug-likeness (QED) is 0.877. The molecule has 2 fully saturated rings. The zero-order valence-electron chi connectivity index (χ0n) is 13.7. The Bertz CT molecular complexity index is 732. The molecule has 0 atom stereocenters. The van der Waals surface area contributed by atoms with Crippen LogP contribution in [0.15, 0.2) is 18.3 Å². The Balaban J connectivity index is 1.45. The Morgan fingerprint density at radius 3 is 2.79 bits per heavy atom. The van der Waals surface area contributed by atoms with Gasteiger partial charge in [-0.15, -0.1) is 0 Å². The molecule has 24 heavy (non-hydrogen) atoms. The minimum Gasteiger partial charge on any atom is -0.333 e. The second kappa shape index (κ2) is 6.20. The van der Waals surface area contributed by atoms with E-state index < -0.39 is 0 Å². The fraction of sp³-hybridized carbons (Fsp3) is 0.500. The number of amides is 1. The molecule has 0 aromatic carbocycles. The number of carbonyl (C=O) groups excluding carboxylic acids is 1. The van der Waals surface area contributed by atoms with Gasteiger partial charge in [0.15, 0.2) is 5.82 Å². The maximum Gasteiger partial charge on any atom is 0.291 e. The molecular formula is C16H21N7O. The summed E-state index contributed by atoms with van der Waals surface area (Å²) < 4.78 is 0. The average Bonchev–Trinajstić information content (AvgIpc) is 3.35. The van der Waals surface area contributed by atoms with Gasteiger partial charge < -0.3 is 15.1 Å². The highest BCUT2D eigenvalue weighted by molar-refractivity contribution is 5.91. The normalized spacial score (nSPS) is 18.6. The number of hydrogen-bond donors (Lipinski definition) is 2. The van der Waals surface area contributed by atoms with Crippen molar-refractivity contribution < 1.29 is 4.79 Å². The van der Waals surface area contributed by atoms with Gasteiger partial charge in [-0.25, -0.2) is 9.97 Å². The van der Waals surface area contributed by atoms with Gasteiger partial charge in [0, 0.05) is 50.1 Å². The van der Waals surface area contributed by atoms with Gasteiger partial charge in [-0.05, 0) is 26.0 Å². The van der Waals surface area contributed by atoms with Crippen molar-refractivity contribution in [2.75, 3.05) is 38.5 Å². The fourth-order valence-electron chi connectivity index (χ4n) is 2.82. The molecule has 1 saturated heterocycles. The van der Waals surface area contributed by atoms with E-state index in [0.29, 0.717) is 30.6 Å². The lowest BCUT2D eigenvalue weighted by atomic mass is 10.3. The third-order valence-corrected chi connectivity index (χ3v) is 4.51. The highest BCUT2D eigenvalue weighted by Crippen LogP contribution is 2.39. The predicted molar refractivity (Wildman–Crippen MR) is 89.3 cm³/mol. The summed E-state index contributed by atoms with van der Waals surface area (Å²) >= 11 is 0. The lowest BCUT2D eigenvalue weighted by Crippen LogP contribution is -2.47. The number of piperazine rings is 1. The van der Waals surface area contributed by atoms with Crippen LogP contribution in [0.4, 0.5) is 11.6 Å². The Hall–Kier alpha value is -2.48. The summed E-state index contributed by atoms with van der Waals surface area (Å²) in [5, 5.41) is 10.4. The van der Waals surface area contributed by atoms with E-state index in [1.54, 1.807) is 17.2 Å². The van der Waals surface area contributed by atoms with Crippen molar-refractivity contribution in [2.24, 2.45) is 0 Å². The Morgan fingerprint density at radius 1 is 1.25 bits per heavy atom. The molecule has 2 aliphatic rings. The Kier molecular flexibility index (Phi) is 3.89. The summed E-state index contributed by atoms with van der Waals surface area (Å²) in [6, 6.07) is 3.74. The summed E-state index contributed by atoms with van der Waals surface area (Å²) in [7, 11) is 2.06. The van der Waals surface area contributed by atoms with Crippen LogP contribution in [0.1, 0.15) is 35.1 Å². The third-order valence-electron chi connectivity index (χ3n) is 4.51. The topological polar surface area (TPSA) is 90.0 Å². The first kappa shape index (κ1) is 15.1. The molecule has 0 radical (unpaired) electrons. The van der Waals surface area contributed by atoms with Crippen LogP contribution in [0.5, 0.6) is 0 Å². The van der Waals surface area contributed by atoms with Crippen molar-refractivity contribution in [3.05, 3.63) is 29.8 Å². The number of carbonyl (C=O) groups is 1. The highest BCUT2D eigenvalue weighted by atomic mass is 16.2. The highest BCUT2D eigenvalue weighted by Gasteiger charge is 2.26. The average molecular weight is 327 g/mol. The van der Waals surface area contributed by atoms with E-state index in [1.165, 1.54) is 12.8 Å². The molecule has 8 heteroatoms. The van der Waals surface area contributed by atoms with Crippen LogP contribution in [0.2, 0.25) is 0 Å². The molecule has 0 bridgehead atoms. The van der Waals surface area contributed by atoms with Crippen molar-refractivity contribution in [1.82, 2.24) is 30.0 Å². The second-order valence-electron chi connectivity index (χ2n) is 6.47. The maximum atomic E-state index is 12.5. The molecule has 1 amide bonds. The Morgan fingerprint density at radius 2 is 2.04 bits per heavy atom. The monoisotopic (exact) mass is 327 g/mol. The van der Waals surface area contributed by atoms with Gasteiger partial charge in [0.2, 0.25) is 5.82 Å². The molecule has 0 unspecified atom stereocenters. The number of H-pyrrole nitrogens is 1. The van der Waals surface area contributed by atoms with Crippen LogP contribution in [-0.2, 0) is 0 Å². The van der Waals surface area contributed by atoms with E-state index >= 15 is 0 Å². The van der Waals surface area contributed by atoms with E-state index in [-0.39, 0.29) is 11.7 Å². The minimum absolute atomic E-state index is 0.118. The third kappa shape index (κ3) is 3.23. The zero-order chi connectivity index (χ0) is 16.5. The number of anilines is 2. The molecule has 1 saturated carbocycles. The lowest BCUT2D eigenvalue weighted by Gasteiger charge is -2.31. The van der Waals surface area contributed by atoms with Crippen LogP contribution in [0.3, 0.4) is 0 Å². The zero-order valence-corrected chi connectivity index (χ0v) is 13.7. The molecule has 8 nitrogen and oxygen atoms in total. The van der Waals surface area contributed by atoms with Crippen molar-refractivity contribution in [3.8, 4) is 0 Å². The number of nitrogens with one attached hydrogen (secondary N) is 2. The maximum absolute atomic E-state index is 12.5. The summed E-state index contributed by atoms with van der Waals surface area (Å²) in [6.07, 6.45) is 4.05. The first-order valence-corrected chi connectivity index (χ1v) is 8.32. The van der Waals surface area contributed by atoms with Crippen LogP contribution in [0.25, 0.3) is 0 Å². The van der Waals surface area contributed by atoms with Gasteiger partial charge >= 0.3 is 0 Å². The van der Waals surface area contributed by atoms with E-state index in [9.17, 15) is 4.79 Å². The van der Waals surface area contributed by atoms with Crippen molar-refractivity contribution in [2.45, 2.75) is 18.8 Å². The van der Waals surface area contributed by atoms with Crippen LogP contribution in [-0.4, -0.2) is 69.1 Å². The molecule has 126 valence electrons. The van der Waals surface area contributed by atoms with Gasteiger partial charge in [-0.1, -0.05) is 0 Å². The fourth-order valence-corrected chi connectivity index (χ4v) is 2.82. The molecule has 1 aliphatic heterocycles. The smallest absolute Gasteiger partial charge is 0.291 e. The summed E-state index contributed by atoms with van der Waals surface area (Å²) in [6.45, 7) is 3.17. The number of likely N-dealkylation sites (N-methyl/N-ethyl adjacent to an activating group) is 1. The standard InChI is InChI=1S/C16H21N7O/c1-22-6-8-23(9-7-22)16(24)15-17-5-4-13(19-15)18-14-10-12(20-21-14)11-2-3-11/h4-5,10-11H,2-3,6-9H2,1H3,(H2,17,18,19,20,21). The van der Waals surface area contributed by atoms with Crippen molar-refractivity contribution >= 4 is 17.5 Å². The summed E-state index contributed by atoms with van der Waals surface area (Å²) in [5.74, 6) is 2.02. The molecular weight excluding hydrogens is 306 g/mol. The summed E-state index contributed by atoms with van der Waals surface area (Å²) in [4.78, 5) is 25.0. The number of hydrogen-bond acceptors (Lipinski definition) is 6. The van der Waals surface area contributed by atoms with E-state index in [4.69, 9.17) is 0 Å². The van der Waals surface area contributed by atoms with Gasteiger partial charge in [0.25, 0.3) is 5.91 Å². The van der Waals surface area contributed by atoms with Gasteiger partial charge in [0.05, 0.1) is 0 Å². The SMILES string of the molecule is CN1CCN(C(=O)c2nccc(Nc3cc(C4CC4)[nH]n3)n2)CC1. The van der Waals surface area contributed by atoms with Crippen LogP contribution in [0, 0.1) is 0 Å². The summed E-state index contributed by atoms with van der Waals surface area (Å²) in [5.41, 5.74) is 1.15. The molecule has 2 aromatic heterocycles. The van der Waals surface area contributed by atoms with Gasteiger partial charge in [0.1, 0.15) is 5.82 Å². The first-order valence-electron chi connectivity index (χ1n) is 8.32. The number of rotatable bonds is 4. The molecule has 4 rings (SSSR count). The largest absolute Gasteiger partial charge is 0.333 e. The van der Waals surface area contributed by atoms with E-state index in [1.807, 2.05) is 6.07 Å². The van der Waals surface area contributed by atoms with Crippen LogP contribution < -0.4 is 5.32 Å². The van der Waals surface area contributed by atoms with E-state index in [0.717, 1.165) is 18.8 Å². The second-order valence-corrected chi connectivity index (χ2v) is 6.47. The molecule has 3 heterocycles. The minimum atomic E-state index is -0.118. The van der Waals surface area contributed by atoms with Crippen LogP contribution >= 0.6 is 0 Å². The number of nitrogens with zero attached hydrogens (tertiary/aromatic N) is 5. The number of aromatic amines is 1. The molecule has 0 spiro atoms. The number of aromatic nitrogens is 4.